The molecule has 1 N–H and O–H groups in total. The molecule has 7 heteroatoms. The zero-order chi connectivity index (χ0) is 22.1. The number of halogens is 1. The van der Waals surface area contributed by atoms with E-state index in [1.807, 2.05) is 29.7 Å². The number of imidazole rings is 2. The van der Waals surface area contributed by atoms with Crippen molar-refractivity contribution in [2.45, 2.75) is 30.7 Å². The lowest BCUT2D eigenvalue weighted by Crippen LogP contribution is -1.99. The van der Waals surface area contributed by atoms with Gasteiger partial charge in [-0.1, -0.05) is 59.8 Å². The molecule has 0 amide bonds. The van der Waals surface area contributed by atoms with Crippen molar-refractivity contribution in [3.05, 3.63) is 112 Å². The summed E-state index contributed by atoms with van der Waals surface area (Å²) in [4.78, 5) is 17.1. The highest BCUT2D eigenvalue weighted by molar-refractivity contribution is 7.99. The molecule has 160 valence electrons. The fourth-order valence-corrected chi connectivity index (χ4v) is 4.92. The third kappa shape index (κ3) is 4.42. The molecule has 3 aromatic heterocycles. The maximum atomic E-state index is 6.01. The fourth-order valence-electron chi connectivity index (χ4n) is 3.79. The Morgan fingerprint density at radius 1 is 1.00 bits per heavy atom. The highest BCUT2D eigenvalue weighted by Gasteiger charge is 2.21. The molecule has 0 aliphatic carbocycles. The Balaban J connectivity index is 1.48. The molecule has 5 aromatic rings. The quantitative estimate of drug-likeness (QED) is 0.307. The molecular weight excluding hydrogens is 438 g/mol. The van der Waals surface area contributed by atoms with Crippen molar-refractivity contribution in [1.82, 2.24) is 24.3 Å². The van der Waals surface area contributed by atoms with Crippen molar-refractivity contribution in [3.8, 4) is 0 Å². The summed E-state index contributed by atoms with van der Waals surface area (Å²) in [6, 6.07) is 18.8. The second kappa shape index (κ2) is 8.81. The van der Waals surface area contributed by atoms with E-state index in [4.69, 9.17) is 16.6 Å². The minimum absolute atomic E-state index is 0.00728. The van der Waals surface area contributed by atoms with Gasteiger partial charge in [-0.2, -0.15) is 0 Å². The van der Waals surface area contributed by atoms with E-state index in [9.17, 15) is 0 Å². The van der Waals surface area contributed by atoms with E-state index >= 15 is 0 Å². The zero-order valence-corrected chi connectivity index (χ0v) is 19.4. The van der Waals surface area contributed by atoms with Gasteiger partial charge >= 0.3 is 0 Å². The van der Waals surface area contributed by atoms with Crippen molar-refractivity contribution >= 4 is 29.1 Å². The second-order valence-corrected chi connectivity index (χ2v) is 9.34. The molecule has 0 bridgehead atoms. The molecule has 0 saturated heterocycles. The van der Waals surface area contributed by atoms with E-state index in [1.54, 1.807) is 18.0 Å². The van der Waals surface area contributed by atoms with Gasteiger partial charge in [-0.15, -0.1) is 0 Å². The molecule has 1 unspecified atom stereocenters. The van der Waals surface area contributed by atoms with Crippen molar-refractivity contribution in [3.63, 3.8) is 0 Å². The van der Waals surface area contributed by atoms with Gasteiger partial charge in [-0.3, -0.25) is 4.40 Å². The molecule has 0 aliphatic heterocycles. The summed E-state index contributed by atoms with van der Waals surface area (Å²) in [5, 5.41) is 1.61. The normalized spacial score (nSPS) is 12.3. The summed E-state index contributed by atoms with van der Waals surface area (Å²) < 4.78 is 2.05. The van der Waals surface area contributed by atoms with Crippen LogP contribution in [0.3, 0.4) is 0 Å². The number of fused-ring (bicyclic) bond motifs is 1. The largest absolute Gasteiger partial charge is 0.340 e. The molecule has 1 atom stereocenters. The summed E-state index contributed by atoms with van der Waals surface area (Å²) in [7, 11) is 0. The predicted molar refractivity (Wildman–Crippen MR) is 129 cm³/mol. The van der Waals surface area contributed by atoms with E-state index in [0.29, 0.717) is 0 Å². The van der Waals surface area contributed by atoms with Crippen molar-refractivity contribution < 1.29 is 0 Å². The Hall–Kier alpha value is -3.09. The molecule has 0 aliphatic rings. The SMILES string of the molecule is Cc1cc(C)n2cc(C(Sc3ncc[nH]3)c3ccc(Cc4ccc(Cl)cc4)cc3)nc2n1. The first-order valence-electron chi connectivity index (χ1n) is 10.4. The Morgan fingerprint density at radius 2 is 1.72 bits per heavy atom. The van der Waals surface area contributed by atoms with Gasteiger partial charge in [0.25, 0.3) is 0 Å². The average Bonchev–Trinajstić information content (AvgIpc) is 3.44. The fraction of sp³-hybridized carbons (Fsp3) is 0.160. The summed E-state index contributed by atoms with van der Waals surface area (Å²) in [5.41, 5.74) is 6.70. The monoisotopic (exact) mass is 459 g/mol. The lowest BCUT2D eigenvalue weighted by atomic mass is 10.0. The molecule has 3 heterocycles. The van der Waals surface area contributed by atoms with Crippen LogP contribution in [-0.4, -0.2) is 24.3 Å². The number of aromatic amines is 1. The number of benzene rings is 2. The Kier molecular flexibility index (Phi) is 5.72. The first-order valence-corrected chi connectivity index (χ1v) is 11.6. The van der Waals surface area contributed by atoms with Gasteiger partial charge in [-0.25, -0.2) is 15.0 Å². The van der Waals surface area contributed by atoms with Crippen LogP contribution in [0.1, 0.15) is 39.0 Å². The first kappa shape index (κ1) is 20.8. The van der Waals surface area contributed by atoms with Crippen LogP contribution in [0.15, 0.2) is 78.3 Å². The first-order chi connectivity index (χ1) is 15.5. The number of aromatic nitrogens is 5. The van der Waals surface area contributed by atoms with E-state index in [0.717, 1.165) is 39.5 Å². The minimum Gasteiger partial charge on any atom is -0.340 e. The number of nitrogens with one attached hydrogen (secondary N) is 1. The van der Waals surface area contributed by atoms with Gasteiger partial charge in [0.2, 0.25) is 5.78 Å². The van der Waals surface area contributed by atoms with Gasteiger partial charge in [0.1, 0.15) is 0 Å². The van der Waals surface area contributed by atoms with Crippen molar-refractivity contribution in [2.75, 3.05) is 0 Å². The molecular formula is C25H22ClN5S. The summed E-state index contributed by atoms with van der Waals surface area (Å²) in [6.45, 7) is 4.07. The van der Waals surface area contributed by atoms with Crippen LogP contribution >= 0.6 is 23.4 Å². The maximum Gasteiger partial charge on any atom is 0.234 e. The molecule has 0 spiro atoms. The third-order valence-corrected chi connectivity index (χ3v) is 6.80. The maximum absolute atomic E-state index is 6.01. The van der Waals surface area contributed by atoms with Crippen LogP contribution in [0, 0.1) is 13.8 Å². The number of H-pyrrole nitrogens is 1. The van der Waals surface area contributed by atoms with Crippen LogP contribution in [-0.2, 0) is 6.42 Å². The molecule has 32 heavy (non-hydrogen) atoms. The molecule has 5 nitrogen and oxygen atoms in total. The second-order valence-electron chi connectivity index (χ2n) is 7.81. The van der Waals surface area contributed by atoms with Crippen molar-refractivity contribution in [1.29, 1.82) is 0 Å². The van der Waals surface area contributed by atoms with Gasteiger partial charge in [0.15, 0.2) is 5.16 Å². The van der Waals surface area contributed by atoms with E-state index in [-0.39, 0.29) is 5.25 Å². The molecule has 0 radical (unpaired) electrons. The Bertz CT molecular complexity index is 1340. The average molecular weight is 460 g/mol. The van der Waals surface area contributed by atoms with Gasteiger partial charge in [0.05, 0.1) is 10.9 Å². The van der Waals surface area contributed by atoms with Crippen LogP contribution in [0.5, 0.6) is 0 Å². The predicted octanol–water partition coefficient (Wildman–Crippen LogP) is 6.20. The van der Waals surface area contributed by atoms with Gasteiger partial charge in [-0.05, 0) is 55.2 Å². The summed E-state index contributed by atoms with van der Waals surface area (Å²) in [5.74, 6) is 0.724. The third-order valence-electron chi connectivity index (χ3n) is 5.36. The number of aryl methyl sites for hydroxylation is 2. The smallest absolute Gasteiger partial charge is 0.234 e. The molecule has 5 rings (SSSR count). The standard InChI is InChI=1S/C25H22ClN5S/c1-16-13-17(2)31-15-22(30-24(31)29-16)23(32-25-27-11-12-28-25)20-7-3-18(4-8-20)14-19-5-9-21(26)10-6-19/h3-13,15,23H,14H2,1-2H3,(H,27,28). The zero-order valence-electron chi connectivity index (χ0n) is 17.8. The van der Waals surface area contributed by atoms with Gasteiger partial charge in [0, 0.05) is 35.0 Å². The van der Waals surface area contributed by atoms with Crippen LogP contribution in [0.25, 0.3) is 5.78 Å². The number of thioether (sulfide) groups is 1. The number of hydrogen-bond acceptors (Lipinski definition) is 4. The number of hydrogen-bond donors (Lipinski definition) is 1. The minimum atomic E-state index is -0.00728. The van der Waals surface area contributed by atoms with Crippen LogP contribution in [0.2, 0.25) is 5.02 Å². The summed E-state index contributed by atoms with van der Waals surface area (Å²) in [6.07, 6.45) is 6.56. The van der Waals surface area contributed by atoms with E-state index in [1.165, 1.54) is 16.7 Å². The lowest BCUT2D eigenvalue weighted by Gasteiger charge is -2.14. The topological polar surface area (TPSA) is 58.9 Å². The Morgan fingerprint density at radius 3 is 2.41 bits per heavy atom. The molecule has 0 saturated carbocycles. The van der Waals surface area contributed by atoms with Gasteiger partial charge < -0.3 is 4.98 Å². The molecule has 0 fully saturated rings. The molecule has 2 aromatic carbocycles. The van der Waals surface area contributed by atoms with Crippen LogP contribution < -0.4 is 0 Å². The summed E-state index contributed by atoms with van der Waals surface area (Å²) >= 11 is 7.67. The Labute approximate surface area is 195 Å². The highest BCUT2D eigenvalue weighted by Crippen LogP contribution is 2.38. The van der Waals surface area contributed by atoms with Crippen LogP contribution in [0.4, 0.5) is 0 Å². The number of rotatable bonds is 6. The lowest BCUT2D eigenvalue weighted by molar-refractivity contribution is 1.01. The number of nitrogens with zero attached hydrogens (tertiary/aromatic N) is 4. The highest BCUT2D eigenvalue weighted by atomic mass is 35.5. The van der Waals surface area contributed by atoms with E-state index in [2.05, 4.69) is 70.5 Å². The van der Waals surface area contributed by atoms with Crippen molar-refractivity contribution in [2.24, 2.45) is 0 Å². The van der Waals surface area contributed by atoms with E-state index < -0.39 is 0 Å².